The van der Waals surface area contributed by atoms with Crippen molar-refractivity contribution in [3.8, 4) is 0 Å². The van der Waals surface area contributed by atoms with E-state index in [1.165, 1.54) is 0 Å². The number of aromatic nitrogens is 2. The molecule has 4 N–H and O–H groups in total. The summed E-state index contributed by atoms with van der Waals surface area (Å²) in [6.45, 7) is 7.00. The number of hydrogen-bond acceptors (Lipinski definition) is 4. The molecule has 0 bridgehead atoms. The molecule has 1 heterocycles. The Morgan fingerprint density at radius 3 is 2.71 bits per heavy atom. The molecule has 1 aromatic heterocycles. The molecule has 0 amide bonds. The predicted molar refractivity (Wildman–Crippen MR) is 68.7 cm³/mol. The number of nitrogens with two attached hydrogens (primary N) is 1. The minimum Gasteiger partial charge on any atom is -0.396 e. The Labute approximate surface area is 103 Å². The van der Waals surface area contributed by atoms with E-state index < -0.39 is 0 Å². The van der Waals surface area contributed by atoms with Gasteiger partial charge in [-0.05, 0) is 27.2 Å². The number of aliphatic hydroxyl groups excluding tert-OH is 1. The lowest BCUT2D eigenvalue weighted by molar-refractivity contribution is 0.262. The van der Waals surface area contributed by atoms with Gasteiger partial charge in [0, 0.05) is 31.4 Å². The molecule has 0 aliphatic carbocycles. The molecule has 0 spiro atoms. The molecule has 0 aliphatic rings. The van der Waals surface area contributed by atoms with Gasteiger partial charge in [0.1, 0.15) is 0 Å². The molecule has 5 nitrogen and oxygen atoms in total. The lowest BCUT2D eigenvalue weighted by atomic mass is 10.1. The largest absolute Gasteiger partial charge is 0.396 e. The van der Waals surface area contributed by atoms with E-state index in [0.29, 0.717) is 12.6 Å². The summed E-state index contributed by atoms with van der Waals surface area (Å²) in [5.41, 5.74) is 6.92. The van der Waals surface area contributed by atoms with Gasteiger partial charge >= 0.3 is 0 Å². The summed E-state index contributed by atoms with van der Waals surface area (Å²) in [5.74, 6) is 0. The zero-order valence-electron chi connectivity index (χ0n) is 10.9. The van der Waals surface area contributed by atoms with Crippen molar-refractivity contribution < 1.29 is 5.11 Å². The van der Waals surface area contributed by atoms with E-state index in [-0.39, 0.29) is 18.7 Å². The van der Waals surface area contributed by atoms with Crippen LogP contribution in [0.3, 0.4) is 0 Å². The second-order valence-corrected chi connectivity index (χ2v) is 4.69. The van der Waals surface area contributed by atoms with E-state index in [9.17, 15) is 0 Å². The number of imidazole rings is 1. The van der Waals surface area contributed by atoms with Crippen LogP contribution in [-0.4, -0.2) is 33.9 Å². The molecule has 1 rings (SSSR count). The van der Waals surface area contributed by atoms with Crippen LogP contribution in [-0.2, 0) is 0 Å². The highest BCUT2D eigenvalue weighted by Gasteiger charge is 2.17. The van der Waals surface area contributed by atoms with E-state index in [1.807, 2.05) is 12.5 Å². The lowest BCUT2D eigenvalue weighted by Crippen LogP contribution is -2.36. The zero-order chi connectivity index (χ0) is 12.8. The van der Waals surface area contributed by atoms with Gasteiger partial charge in [-0.1, -0.05) is 0 Å². The number of rotatable bonds is 7. The maximum atomic E-state index is 8.91. The van der Waals surface area contributed by atoms with Crippen molar-refractivity contribution in [2.75, 3.05) is 13.2 Å². The van der Waals surface area contributed by atoms with Crippen molar-refractivity contribution in [3.63, 3.8) is 0 Å². The fourth-order valence-electron chi connectivity index (χ4n) is 1.91. The molecule has 5 heteroatoms. The lowest BCUT2D eigenvalue weighted by Gasteiger charge is -2.24. The summed E-state index contributed by atoms with van der Waals surface area (Å²) in [5, 5.41) is 12.3. The smallest absolute Gasteiger partial charge is 0.0951 e. The summed E-state index contributed by atoms with van der Waals surface area (Å²) in [7, 11) is 0. The third-order valence-corrected chi connectivity index (χ3v) is 2.89. The molecule has 1 aromatic rings. The van der Waals surface area contributed by atoms with Gasteiger partial charge < -0.3 is 20.7 Å². The van der Waals surface area contributed by atoms with Crippen molar-refractivity contribution in [2.45, 2.75) is 45.3 Å². The van der Waals surface area contributed by atoms with Gasteiger partial charge in [-0.25, -0.2) is 4.98 Å². The van der Waals surface area contributed by atoms with Gasteiger partial charge in [0.05, 0.1) is 18.1 Å². The first-order valence-electron chi connectivity index (χ1n) is 6.18. The molecule has 98 valence electrons. The molecule has 2 unspecified atom stereocenters. The molecule has 0 fully saturated rings. The monoisotopic (exact) mass is 240 g/mol. The summed E-state index contributed by atoms with van der Waals surface area (Å²) in [6.07, 6.45) is 4.42. The Morgan fingerprint density at radius 2 is 2.18 bits per heavy atom. The highest BCUT2D eigenvalue weighted by molar-refractivity contribution is 5.07. The highest BCUT2D eigenvalue weighted by Crippen LogP contribution is 2.17. The Morgan fingerprint density at radius 1 is 1.47 bits per heavy atom. The third kappa shape index (κ3) is 3.80. The molecule has 0 saturated carbocycles. The molecular formula is C12H24N4O. The highest BCUT2D eigenvalue weighted by atomic mass is 16.3. The van der Waals surface area contributed by atoms with Gasteiger partial charge in [0.15, 0.2) is 0 Å². The first-order valence-corrected chi connectivity index (χ1v) is 6.18. The normalized spacial score (nSPS) is 15.2. The van der Waals surface area contributed by atoms with Crippen molar-refractivity contribution in [2.24, 2.45) is 5.73 Å². The van der Waals surface area contributed by atoms with Crippen LogP contribution in [0.4, 0.5) is 0 Å². The van der Waals surface area contributed by atoms with Gasteiger partial charge in [-0.3, -0.25) is 0 Å². The van der Waals surface area contributed by atoms with Crippen LogP contribution >= 0.6 is 0 Å². The first-order chi connectivity index (χ1) is 8.10. The van der Waals surface area contributed by atoms with Gasteiger partial charge in [0.2, 0.25) is 0 Å². The minimum atomic E-state index is 0.0847. The number of aliphatic hydroxyl groups is 1. The summed E-state index contributed by atoms with van der Waals surface area (Å²) in [6, 6.07) is 0.696. The zero-order valence-corrected chi connectivity index (χ0v) is 10.9. The topological polar surface area (TPSA) is 76.1 Å². The van der Waals surface area contributed by atoms with E-state index in [4.69, 9.17) is 10.8 Å². The fraction of sp³-hybridized carbons (Fsp3) is 0.750. The molecule has 2 atom stereocenters. The van der Waals surface area contributed by atoms with Gasteiger partial charge in [-0.15, -0.1) is 0 Å². The Balaban J connectivity index is 2.75. The van der Waals surface area contributed by atoms with E-state index in [1.54, 1.807) is 0 Å². The molecule has 0 radical (unpaired) electrons. The fourth-order valence-corrected chi connectivity index (χ4v) is 1.91. The van der Waals surface area contributed by atoms with Crippen LogP contribution in [0.15, 0.2) is 12.5 Å². The second-order valence-electron chi connectivity index (χ2n) is 4.69. The average molecular weight is 240 g/mol. The van der Waals surface area contributed by atoms with Crippen molar-refractivity contribution >= 4 is 0 Å². The summed E-state index contributed by atoms with van der Waals surface area (Å²) < 4.78 is 2.12. The number of nitrogens with one attached hydrogen (secondary N) is 1. The average Bonchev–Trinajstić information content (AvgIpc) is 2.75. The maximum absolute atomic E-state index is 8.91. The first kappa shape index (κ1) is 14.2. The van der Waals surface area contributed by atoms with Crippen molar-refractivity contribution in [3.05, 3.63) is 18.2 Å². The molecule has 0 aromatic carbocycles. The minimum absolute atomic E-state index is 0.0847. The second kappa shape index (κ2) is 6.74. The van der Waals surface area contributed by atoms with Crippen LogP contribution in [0.1, 0.15) is 45.0 Å². The van der Waals surface area contributed by atoms with Crippen molar-refractivity contribution in [1.82, 2.24) is 14.9 Å². The molecule has 0 saturated heterocycles. The van der Waals surface area contributed by atoms with Crippen LogP contribution in [0.2, 0.25) is 0 Å². The number of hydrogen-bond donors (Lipinski definition) is 3. The van der Waals surface area contributed by atoms with Crippen LogP contribution in [0.25, 0.3) is 0 Å². The Bertz CT molecular complexity index is 324. The van der Waals surface area contributed by atoms with Crippen LogP contribution in [0.5, 0.6) is 0 Å². The van der Waals surface area contributed by atoms with Gasteiger partial charge in [0.25, 0.3) is 0 Å². The van der Waals surface area contributed by atoms with E-state index >= 15 is 0 Å². The van der Waals surface area contributed by atoms with Crippen molar-refractivity contribution in [1.29, 1.82) is 0 Å². The predicted octanol–water partition coefficient (Wildman–Crippen LogP) is 0.824. The molecule has 0 aliphatic heterocycles. The molecule has 17 heavy (non-hydrogen) atoms. The standard InChI is InChI=1S/C12H24N4O/c1-9(2)16-8-14-7-12(16)11(6-13)15-10(3)4-5-17/h7-11,15,17H,4-6,13H2,1-3H3. The van der Waals surface area contributed by atoms with Gasteiger partial charge in [-0.2, -0.15) is 0 Å². The quantitative estimate of drug-likeness (QED) is 0.659. The Hall–Kier alpha value is -0.910. The van der Waals surface area contributed by atoms with E-state index in [0.717, 1.165) is 12.1 Å². The third-order valence-electron chi connectivity index (χ3n) is 2.89. The Kier molecular flexibility index (Phi) is 5.61. The maximum Gasteiger partial charge on any atom is 0.0951 e. The van der Waals surface area contributed by atoms with E-state index in [2.05, 4.69) is 35.6 Å². The molecular weight excluding hydrogens is 216 g/mol. The summed E-state index contributed by atoms with van der Waals surface area (Å²) in [4.78, 5) is 4.18. The summed E-state index contributed by atoms with van der Waals surface area (Å²) >= 11 is 0. The number of nitrogens with zero attached hydrogens (tertiary/aromatic N) is 2. The SMILES string of the molecule is CC(CCO)NC(CN)c1cncn1C(C)C. The van der Waals surface area contributed by atoms with Crippen LogP contribution < -0.4 is 11.1 Å². The van der Waals surface area contributed by atoms with Crippen LogP contribution in [0, 0.1) is 0 Å².